The van der Waals surface area contributed by atoms with E-state index >= 15 is 0 Å². The van der Waals surface area contributed by atoms with Gasteiger partial charge in [-0.05, 0) is 42.8 Å². The van der Waals surface area contributed by atoms with Crippen molar-refractivity contribution >= 4 is 28.8 Å². The van der Waals surface area contributed by atoms with Gasteiger partial charge in [0, 0.05) is 16.0 Å². The van der Waals surface area contributed by atoms with Gasteiger partial charge < -0.3 is 10.4 Å². The van der Waals surface area contributed by atoms with Gasteiger partial charge in [0.2, 0.25) is 0 Å². The lowest BCUT2D eigenvalue weighted by Gasteiger charge is -2.05. The van der Waals surface area contributed by atoms with E-state index in [1.165, 1.54) is 11.3 Å². The fourth-order valence-corrected chi connectivity index (χ4v) is 2.87. The monoisotopic (exact) mass is 319 g/mol. The predicted molar refractivity (Wildman–Crippen MR) is 85.6 cm³/mol. The minimum Gasteiger partial charge on any atom is -0.384 e. The van der Waals surface area contributed by atoms with Gasteiger partial charge in [-0.3, -0.25) is 4.79 Å². The van der Waals surface area contributed by atoms with Crippen molar-refractivity contribution in [3.05, 3.63) is 56.2 Å². The third-order valence-electron chi connectivity index (χ3n) is 2.70. The van der Waals surface area contributed by atoms with E-state index in [0.29, 0.717) is 22.0 Å². The Morgan fingerprint density at radius 1 is 1.38 bits per heavy atom. The molecule has 1 amide bonds. The molecule has 1 aromatic carbocycles. The highest BCUT2D eigenvalue weighted by molar-refractivity contribution is 7.16. The molecule has 0 saturated carbocycles. The first-order chi connectivity index (χ1) is 10.1. The molecule has 3 nitrogen and oxygen atoms in total. The third kappa shape index (κ3) is 4.61. The van der Waals surface area contributed by atoms with Crippen LogP contribution < -0.4 is 5.32 Å². The molecule has 0 aliphatic carbocycles. The number of aryl methyl sites for hydroxylation is 1. The normalized spacial score (nSPS) is 9.86. The van der Waals surface area contributed by atoms with E-state index < -0.39 is 0 Å². The Labute approximate surface area is 132 Å². The van der Waals surface area contributed by atoms with Crippen LogP contribution in [0.25, 0.3) is 0 Å². The predicted octanol–water partition coefficient (Wildman–Crippen LogP) is 2.98. The largest absolute Gasteiger partial charge is 0.384 e. The van der Waals surface area contributed by atoms with E-state index in [4.69, 9.17) is 16.7 Å². The smallest absolute Gasteiger partial charge is 0.251 e. The summed E-state index contributed by atoms with van der Waals surface area (Å²) >= 11 is 7.30. The number of benzene rings is 1. The number of hydrogen-bond donors (Lipinski definition) is 2. The van der Waals surface area contributed by atoms with E-state index in [1.807, 2.05) is 25.1 Å². The molecule has 108 valence electrons. The minimum absolute atomic E-state index is 0.157. The first-order valence-corrected chi connectivity index (χ1v) is 7.52. The molecule has 0 unspecified atom stereocenters. The summed E-state index contributed by atoms with van der Waals surface area (Å²) in [5.74, 6) is 5.23. The van der Waals surface area contributed by atoms with Gasteiger partial charge in [0.25, 0.3) is 5.91 Å². The second-order valence-corrected chi connectivity index (χ2v) is 6.24. The Morgan fingerprint density at radius 2 is 2.19 bits per heavy atom. The SMILES string of the molecule is Cc1cc(C#CCO)cc(C(=O)NCc2ccc(Cl)s2)c1. The van der Waals surface area contributed by atoms with Gasteiger partial charge in [-0.25, -0.2) is 0 Å². The number of aliphatic hydroxyl groups is 1. The van der Waals surface area contributed by atoms with Crippen LogP contribution in [0.1, 0.15) is 26.4 Å². The molecule has 21 heavy (non-hydrogen) atoms. The van der Waals surface area contributed by atoms with Crippen molar-refractivity contribution in [2.24, 2.45) is 0 Å². The molecular weight excluding hydrogens is 306 g/mol. The number of amides is 1. The maximum Gasteiger partial charge on any atom is 0.251 e. The van der Waals surface area contributed by atoms with Crippen LogP contribution in [0.2, 0.25) is 4.34 Å². The first kappa shape index (κ1) is 15.6. The first-order valence-electron chi connectivity index (χ1n) is 6.32. The molecule has 1 heterocycles. The van der Waals surface area contributed by atoms with Crippen LogP contribution in [0.3, 0.4) is 0 Å². The van der Waals surface area contributed by atoms with Crippen molar-refractivity contribution in [2.45, 2.75) is 13.5 Å². The fourth-order valence-electron chi connectivity index (χ4n) is 1.84. The molecule has 0 aliphatic rings. The number of aliphatic hydroxyl groups excluding tert-OH is 1. The van der Waals surface area contributed by atoms with Crippen molar-refractivity contribution in [2.75, 3.05) is 6.61 Å². The summed E-state index contributed by atoms with van der Waals surface area (Å²) in [5, 5.41) is 11.6. The minimum atomic E-state index is -0.200. The Balaban J connectivity index is 2.09. The van der Waals surface area contributed by atoms with Gasteiger partial charge in [-0.15, -0.1) is 11.3 Å². The van der Waals surface area contributed by atoms with Gasteiger partial charge in [0.1, 0.15) is 6.61 Å². The number of carbonyl (C=O) groups excluding carboxylic acids is 1. The molecule has 5 heteroatoms. The van der Waals surface area contributed by atoms with E-state index in [2.05, 4.69) is 17.2 Å². The number of nitrogens with one attached hydrogen (secondary N) is 1. The molecule has 1 aromatic heterocycles. The highest BCUT2D eigenvalue weighted by Gasteiger charge is 2.08. The second kappa shape index (κ2) is 7.28. The summed E-state index contributed by atoms with van der Waals surface area (Å²) in [6, 6.07) is 9.09. The van der Waals surface area contributed by atoms with Crippen LogP contribution in [0.4, 0.5) is 0 Å². The molecule has 2 rings (SSSR count). The zero-order valence-corrected chi connectivity index (χ0v) is 13.0. The summed E-state index contributed by atoms with van der Waals surface area (Å²) in [4.78, 5) is 13.2. The van der Waals surface area contributed by atoms with Crippen molar-refractivity contribution in [1.29, 1.82) is 0 Å². The van der Waals surface area contributed by atoms with Gasteiger partial charge >= 0.3 is 0 Å². The van der Waals surface area contributed by atoms with E-state index in [-0.39, 0.29) is 12.5 Å². The number of carbonyl (C=O) groups is 1. The highest BCUT2D eigenvalue weighted by atomic mass is 35.5. The Bertz CT molecular complexity index is 713. The zero-order valence-electron chi connectivity index (χ0n) is 11.4. The molecule has 0 fully saturated rings. The second-order valence-electron chi connectivity index (χ2n) is 4.44. The molecular formula is C16H14ClNO2S. The van der Waals surface area contributed by atoms with Crippen LogP contribution >= 0.6 is 22.9 Å². The third-order valence-corrected chi connectivity index (χ3v) is 3.93. The van der Waals surface area contributed by atoms with Crippen molar-refractivity contribution < 1.29 is 9.90 Å². The van der Waals surface area contributed by atoms with E-state index in [0.717, 1.165) is 10.4 Å². The van der Waals surface area contributed by atoms with Crippen LogP contribution in [-0.2, 0) is 6.54 Å². The Morgan fingerprint density at radius 3 is 2.86 bits per heavy atom. The number of thiophene rings is 1. The molecule has 0 radical (unpaired) electrons. The Hall–Kier alpha value is -1.80. The number of rotatable bonds is 3. The summed E-state index contributed by atoms with van der Waals surface area (Å²) in [6.07, 6.45) is 0. The maximum atomic E-state index is 12.2. The van der Waals surface area contributed by atoms with Crippen molar-refractivity contribution in [1.82, 2.24) is 5.32 Å². The zero-order chi connectivity index (χ0) is 15.2. The van der Waals surface area contributed by atoms with Gasteiger partial charge in [0.05, 0.1) is 10.9 Å². The van der Waals surface area contributed by atoms with Crippen LogP contribution in [-0.4, -0.2) is 17.6 Å². The van der Waals surface area contributed by atoms with Crippen LogP contribution in [0, 0.1) is 18.8 Å². The Kier molecular flexibility index (Phi) is 5.40. The highest BCUT2D eigenvalue weighted by Crippen LogP contribution is 2.21. The van der Waals surface area contributed by atoms with Crippen molar-refractivity contribution in [3.63, 3.8) is 0 Å². The van der Waals surface area contributed by atoms with Crippen molar-refractivity contribution in [3.8, 4) is 11.8 Å². The summed E-state index contributed by atoms with van der Waals surface area (Å²) < 4.78 is 0.705. The molecule has 2 aromatic rings. The average Bonchev–Trinajstić information content (AvgIpc) is 2.87. The number of halogens is 1. The lowest BCUT2D eigenvalue weighted by Crippen LogP contribution is -2.22. The van der Waals surface area contributed by atoms with E-state index in [1.54, 1.807) is 12.1 Å². The molecule has 0 saturated heterocycles. The maximum absolute atomic E-state index is 12.2. The summed E-state index contributed by atoms with van der Waals surface area (Å²) in [5.41, 5.74) is 2.22. The van der Waals surface area contributed by atoms with Gasteiger partial charge in [-0.1, -0.05) is 23.4 Å². The van der Waals surface area contributed by atoms with E-state index in [9.17, 15) is 4.79 Å². The number of hydrogen-bond acceptors (Lipinski definition) is 3. The summed E-state index contributed by atoms with van der Waals surface area (Å²) in [7, 11) is 0. The lowest BCUT2D eigenvalue weighted by molar-refractivity contribution is 0.0951. The van der Waals surface area contributed by atoms with Gasteiger partial charge in [0.15, 0.2) is 0 Å². The molecule has 0 spiro atoms. The average molecular weight is 320 g/mol. The quantitative estimate of drug-likeness (QED) is 0.855. The molecule has 0 bridgehead atoms. The topological polar surface area (TPSA) is 49.3 Å². The van der Waals surface area contributed by atoms with Crippen LogP contribution in [0.5, 0.6) is 0 Å². The summed E-state index contributed by atoms with van der Waals surface area (Å²) in [6.45, 7) is 2.15. The fraction of sp³-hybridized carbons (Fsp3) is 0.188. The molecule has 0 aliphatic heterocycles. The standard InChI is InChI=1S/C16H14ClNO2S/c1-11-7-12(3-2-6-19)9-13(8-11)16(20)18-10-14-4-5-15(17)21-14/h4-5,7-9,19H,6,10H2,1H3,(H,18,20). The molecule has 2 N–H and O–H groups in total. The lowest BCUT2D eigenvalue weighted by atomic mass is 10.1. The van der Waals surface area contributed by atoms with Gasteiger partial charge in [-0.2, -0.15) is 0 Å². The van der Waals surface area contributed by atoms with Crippen LogP contribution in [0.15, 0.2) is 30.3 Å². The molecule has 0 atom stereocenters.